The maximum Gasteiger partial charge on any atom is 0.0110 e. The van der Waals surface area contributed by atoms with Crippen LogP contribution in [0.3, 0.4) is 0 Å². The molecule has 13 heavy (non-hydrogen) atoms. The molecule has 1 saturated carbocycles. The maximum absolute atomic E-state index is 3.55. The van der Waals surface area contributed by atoms with E-state index in [1.807, 2.05) is 0 Å². The van der Waals surface area contributed by atoms with Crippen molar-refractivity contribution >= 4 is 0 Å². The Morgan fingerprint density at radius 2 is 2.15 bits per heavy atom. The predicted molar refractivity (Wildman–Crippen MR) is 55.9 cm³/mol. The van der Waals surface area contributed by atoms with Crippen LogP contribution in [0, 0.1) is 5.92 Å². The fraction of sp³-hybridized carbons (Fsp3) is 1.00. The molecule has 2 heteroatoms. The van der Waals surface area contributed by atoms with Crippen LogP contribution in [-0.4, -0.2) is 37.1 Å². The quantitative estimate of drug-likeness (QED) is 0.648. The van der Waals surface area contributed by atoms with Gasteiger partial charge in [-0.3, -0.25) is 4.90 Å². The van der Waals surface area contributed by atoms with Gasteiger partial charge >= 0.3 is 0 Å². The Kier molecular flexibility index (Phi) is 3.23. The number of nitrogens with one attached hydrogen (secondary N) is 1. The largest absolute Gasteiger partial charge is 0.315 e. The van der Waals surface area contributed by atoms with E-state index in [1.165, 1.54) is 51.9 Å². The van der Waals surface area contributed by atoms with Crippen molar-refractivity contribution < 1.29 is 0 Å². The highest BCUT2D eigenvalue weighted by Gasteiger charge is 2.21. The van der Waals surface area contributed by atoms with Crippen molar-refractivity contribution in [1.29, 1.82) is 0 Å². The van der Waals surface area contributed by atoms with Crippen LogP contribution in [0.2, 0.25) is 0 Å². The van der Waals surface area contributed by atoms with E-state index in [0.717, 1.165) is 12.0 Å². The van der Waals surface area contributed by atoms with Crippen molar-refractivity contribution in [3.63, 3.8) is 0 Å². The Hall–Kier alpha value is -0.0800. The second kappa shape index (κ2) is 4.43. The predicted octanol–water partition coefficient (Wildman–Crippen LogP) is 1.47. The lowest BCUT2D eigenvalue weighted by molar-refractivity contribution is 0.268. The third-order valence-electron chi connectivity index (χ3n) is 3.40. The molecule has 1 N–H and O–H groups in total. The van der Waals surface area contributed by atoms with E-state index in [2.05, 4.69) is 17.1 Å². The van der Waals surface area contributed by atoms with Crippen molar-refractivity contribution in [3.8, 4) is 0 Å². The minimum atomic E-state index is 0.836. The normalized spacial score (nSPS) is 29.8. The molecule has 1 aliphatic heterocycles. The van der Waals surface area contributed by atoms with E-state index in [4.69, 9.17) is 0 Å². The first-order valence-electron chi connectivity index (χ1n) is 5.81. The molecule has 2 aliphatic rings. The number of rotatable bonds is 5. The van der Waals surface area contributed by atoms with Gasteiger partial charge in [-0.15, -0.1) is 0 Å². The highest BCUT2D eigenvalue weighted by molar-refractivity contribution is 4.78. The van der Waals surface area contributed by atoms with Crippen molar-refractivity contribution in [2.75, 3.05) is 26.2 Å². The molecule has 1 saturated heterocycles. The molecule has 0 aromatic heterocycles. The van der Waals surface area contributed by atoms with Crippen LogP contribution in [0.5, 0.6) is 0 Å². The molecule has 0 radical (unpaired) electrons. The van der Waals surface area contributed by atoms with Gasteiger partial charge in [0.05, 0.1) is 0 Å². The zero-order valence-corrected chi connectivity index (χ0v) is 8.76. The van der Waals surface area contributed by atoms with E-state index in [-0.39, 0.29) is 0 Å². The van der Waals surface area contributed by atoms with Crippen LogP contribution in [-0.2, 0) is 0 Å². The summed E-state index contributed by atoms with van der Waals surface area (Å²) in [6.07, 6.45) is 5.74. The second-order valence-electron chi connectivity index (χ2n) is 4.67. The van der Waals surface area contributed by atoms with Gasteiger partial charge in [0, 0.05) is 19.1 Å². The Morgan fingerprint density at radius 1 is 1.31 bits per heavy atom. The van der Waals surface area contributed by atoms with Gasteiger partial charge in [0.25, 0.3) is 0 Å². The van der Waals surface area contributed by atoms with Crippen LogP contribution in [0.15, 0.2) is 0 Å². The smallest absolute Gasteiger partial charge is 0.0110 e. The van der Waals surface area contributed by atoms with Crippen molar-refractivity contribution in [3.05, 3.63) is 0 Å². The molecule has 0 spiro atoms. The SMILES string of the molecule is CC1CCCN1CCNCC1CC1. The monoisotopic (exact) mass is 182 g/mol. The van der Waals surface area contributed by atoms with Gasteiger partial charge in [-0.25, -0.2) is 0 Å². The Labute approximate surface area is 81.7 Å². The Bertz CT molecular complexity index is 154. The summed E-state index contributed by atoms with van der Waals surface area (Å²) in [5.41, 5.74) is 0. The average molecular weight is 182 g/mol. The van der Waals surface area contributed by atoms with Gasteiger partial charge in [0.15, 0.2) is 0 Å². The molecule has 0 aromatic carbocycles. The molecule has 2 rings (SSSR count). The summed E-state index contributed by atoms with van der Waals surface area (Å²) in [4.78, 5) is 2.61. The molecule has 1 aliphatic carbocycles. The van der Waals surface area contributed by atoms with Crippen molar-refractivity contribution in [2.24, 2.45) is 5.92 Å². The second-order valence-corrected chi connectivity index (χ2v) is 4.67. The van der Waals surface area contributed by atoms with Crippen molar-refractivity contribution in [2.45, 2.75) is 38.6 Å². The van der Waals surface area contributed by atoms with Crippen LogP contribution >= 0.6 is 0 Å². The summed E-state index contributed by atoms with van der Waals surface area (Å²) < 4.78 is 0. The number of hydrogen-bond acceptors (Lipinski definition) is 2. The third kappa shape index (κ3) is 2.96. The maximum atomic E-state index is 3.55. The van der Waals surface area contributed by atoms with Crippen LogP contribution in [0.25, 0.3) is 0 Å². The summed E-state index contributed by atoms with van der Waals surface area (Å²) in [6.45, 7) is 7.40. The van der Waals surface area contributed by atoms with Gasteiger partial charge in [-0.2, -0.15) is 0 Å². The zero-order chi connectivity index (χ0) is 9.10. The number of likely N-dealkylation sites (tertiary alicyclic amines) is 1. The summed E-state index contributed by atoms with van der Waals surface area (Å²) in [7, 11) is 0. The molecule has 1 atom stereocenters. The first kappa shape index (κ1) is 9.47. The van der Waals surface area contributed by atoms with Crippen LogP contribution in [0.4, 0.5) is 0 Å². The highest BCUT2D eigenvalue weighted by Crippen LogP contribution is 2.27. The minimum absolute atomic E-state index is 0.836. The summed E-state index contributed by atoms with van der Waals surface area (Å²) in [5.74, 6) is 1.02. The van der Waals surface area contributed by atoms with Gasteiger partial charge in [-0.1, -0.05) is 0 Å². The highest BCUT2D eigenvalue weighted by atomic mass is 15.2. The molecular formula is C11H22N2. The lowest BCUT2D eigenvalue weighted by Gasteiger charge is -2.20. The van der Waals surface area contributed by atoms with Crippen LogP contribution < -0.4 is 5.32 Å². The minimum Gasteiger partial charge on any atom is -0.315 e. The molecule has 76 valence electrons. The van der Waals surface area contributed by atoms with E-state index < -0.39 is 0 Å². The molecule has 2 nitrogen and oxygen atoms in total. The Balaban J connectivity index is 1.51. The fourth-order valence-electron chi connectivity index (χ4n) is 2.18. The lowest BCUT2D eigenvalue weighted by Crippen LogP contribution is -2.34. The van der Waals surface area contributed by atoms with Gasteiger partial charge < -0.3 is 5.32 Å². The standard InChI is InChI=1S/C11H22N2/c1-10-3-2-7-13(10)8-6-12-9-11-4-5-11/h10-12H,2-9H2,1H3. The van der Waals surface area contributed by atoms with Gasteiger partial charge in [-0.05, 0) is 51.6 Å². The first-order valence-corrected chi connectivity index (χ1v) is 5.81. The van der Waals surface area contributed by atoms with E-state index in [1.54, 1.807) is 0 Å². The fourth-order valence-corrected chi connectivity index (χ4v) is 2.18. The zero-order valence-electron chi connectivity index (χ0n) is 8.76. The molecule has 1 heterocycles. The molecular weight excluding hydrogens is 160 g/mol. The first-order chi connectivity index (χ1) is 6.36. The topological polar surface area (TPSA) is 15.3 Å². The molecule has 2 fully saturated rings. The summed E-state index contributed by atoms with van der Waals surface area (Å²) in [5, 5.41) is 3.55. The van der Waals surface area contributed by atoms with E-state index in [9.17, 15) is 0 Å². The average Bonchev–Trinajstić information content (AvgIpc) is 2.86. The van der Waals surface area contributed by atoms with Gasteiger partial charge in [0.2, 0.25) is 0 Å². The Morgan fingerprint density at radius 3 is 2.77 bits per heavy atom. The molecule has 1 unspecified atom stereocenters. The van der Waals surface area contributed by atoms with E-state index >= 15 is 0 Å². The molecule has 0 bridgehead atoms. The molecule has 0 aromatic rings. The summed E-state index contributed by atoms with van der Waals surface area (Å²) >= 11 is 0. The number of hydrogen-bond donors (Lipinski definition) is 1. The third-order valence-corrected chi connectivity index (χ3v) is 3.40. The van der Waals surface area contributed by atoms with E-state index in [0.29, 0.717) is 0 Å². The summed E-state index contributed by atoms with van der Waals surface area (Å²) in [6, 6.07) is 0.836. The number of nitrogens with zero attached hydrogens (tertiary/aromatic N) is 1. The van der Waals surface area contributed by atoms with Crippen molar-refractivity contribution in [1.82, 2.24) is 10.2 Å². The van der Waals surface area contributed by atoms with Gasteiger partial charge in [0.1, 0.15) is 0 Å². The lowest BCUT2D eigenvalue weighted by atomic mass is 10.2. The molecule has 0 amide bonds. The van der Waals surface area contributed by atoms with Crippen LogP contribution in [0.1, 0.15) is 32.6 Å².